The van der Waals surface area contributed by atoms with Gasteiger partial charge in [-0.3, -0.25) is 0 Å². The summed E-state index contributed by atoms with van der Waals surface area (Å²) in [5.41, 5.74) is 0. The largest absolute Gasteiger partial charge is 0.489 e. The molecule has 0 radical (unpaired) electrons. The van der Waals surface area contributed by atoms with E-state index in [2.05, 4.69) is 5.32 Å². The van der Waals surface area contributed by atoms with Crippen molar-refractivity contribution in [3.8, 4) is 5.75 Å². The van der Waals surface area contributed by atoms with Gasteiger partial charge >= 0.3 is 0 Å². The Morgan fingerprint density at radius 2 is 1.87 bits per heavy atom. The molecule has 1 fully saturated rings. The van der Waals surface area contributed by atoms with E-state index in [4.69, 9.17) is 4.74 Å². The molecule has 5 heteroatoms. The van der Waals surface area contributed by atoms with E-state index in [0.29, 0.717) is 0 Å². The first-order chi connectivity index (χ1) is 6.74. The molecule has 0 aliphatic carbocycles. The molecule has 0 bridgehead atoms. The van der Waals surface area contributed by atoms with Gasteiger partial charge in [0.05, 0.1) is 0 Å². The highest BCUT2D eigenvalue weighted by molar-refractivity contribution is 5.85. The number of ether oxygens (including phenoxy) is 1. The highest BCUT2D eigenvalue weighted by atomic mass is 35.5. The first-order valence-electron chi connectivity index (χ1n) is 4.57. The molecule has 2 nitrogen and oxygen atoms in total. The Bertz CT molecular complexity index is 309. The molecule has 1 aliphatic rings. The molecule has 1 aliphatic heterocycles. The predicted molar refractivity (Wildman–Crippen MR) is 55.5 cm³/mol. The molecule has 0 saturated carbocycles. The third-order valence-corrected chi connectivity index (χ3v) is 2.15. The minimum atomic E-state index is -0.606. The zero-order chi connectivity index (χ0) is 9.97. The van der Waals surface area contributed by atoms with Gasteiger partial charge in [0.2, 0.25) is 0 Å². The van der Waals surface area contributed by atoms with Crippen LogP contribution in [0.4, 0.5) is 8.78 Å². The SMILES string of the molecule is Cl.Fc1cc(F)cc(O[C@H]2CCNC2)c1. The fourth-order valence-corrected chi connectivity index (χ4v) is 1.52. The van der Waals surface area contributed by atoms with Crippen molar-refractivity contribution < 1.29 is 13.5 Å². The van der Waals surface area contributed by atoms with Gasteiger partial charge in [-0.1, -0.05) is 0 Å². The predicted octanol–water partition coefficient (Wildman–Crippen LogP) is 2.13. The van der Waals surface area contributed by atoms with Gasteiger partial charge < -0.3 is 10.1 Å². The van der Waals surface area contributed by atoms with E-state index in [1.54, 1.807) is 0 Å². The van der Waals surface area contributed by atoms with Crippen LogP contribution >= 0.6 is 12.4 Å². The average molecular weight is 236 g/mol. The quantitative estimate of drug-likeness (QED) is 0.848. The van der Waals surface area contributed by atoms with Crippen LogP contribution in [-0.2, 0) is 0 Å². The number of nitrogens with one attached hydrogen (secondary N) is 1. The fourth-order valence-electron chi connectivity index (χ4n) is 1.52. The van der Waals surface area contributed by atoms with Gasteiger partial charge in [-0.05, 0) is 13.0 Å². The maximum absolute atomic E-state index is 12.8. The van der Waals surface area contributed by atoms with Crippen LogP contribution in [-0.4, -0.2) is 19.2 Å². The normalized spacial score (nSPS) is 19.7. The standard InChI is InChI=1S/C10H11F2NO.ClH/c11-7-3-8(12)5-10(4-7)14-9-1-2-13-6-9;/h3-5,9,13H,1-2,6H2;1H/t9-;/m0./s1. The van der Waals surface area contributed by atoms with Gasteiger partial charge in [0.15, 0.2) is 0 Å². The summed E-state index contributed by atoms with van der Waals surface area (Å²) in [6, 6.07) is 3.22. The molecule has 0 spiro atoms. The molecule has 1 saturated heterocycles. The Labute approximate surface area is 93.0 Å². The monoisotopic (exact) mass is 235 g/mol. The minimum Gasteiger partial charge on any atom is -0.489 e. The molecule has 1 aromatic rings. The zero-order valence-corrected chi connectivity index (χ0v) is 8.82. The molecular formula is C10H12ClF2NO. The van der Waals surface area contributed by atoms with E-state index >= 15 is 0 Å². The van der Waals surface area contributed by atoms with E-state index in [0.717, 1.165) is 25.6 Å². The van der Waals surface area contributed by atoms with E-state index in [9.17, 15) is 8.78 Å². The van der Waals surface area contributed by atoms with Crippen molar-refractivity contribution in [2.24, 2.45) is 0 Å². The van der Waals surface area contributed by atoms with Crippen LogP contribution in [0.25, 0.3) is 0 Å². The van der Waals surface area contributed by atoms with E-state index in [1.165, 1.54) is 12.1 Å². The lowest BCUT2D eigenvalue weighted by Gasteiger charge is -2.12. The Morgan fingerprint density at radius 3 is 2.40 bits per heavy atom. The molecule has 0 unspecified atom stereocenters. The second-order valence-corrected chi connectivity index (χ2v) is 3.34. The second-order valence-electron chi connectivity index (χ2n) is 3.34. The summed E-state index contributed by atoms with van der Waals surface area (Å²) in [5, 5.41) is 3.11. The molecule has 1 atom stereocenters. The number of halogens is 3. The smallest absolute Gasteiger partial charge is 0.129 e. The molecule has 15 heavy (non-hydrogen) atoms. The van der Waals surface area contributed by atoms with E-state index in [1.807, 2.05) is 0 Å². The van der Waals surface area contributed by atoms with Gasteiger partial charge in [0.25, 0.3) is 0 Å². The summed E-state index contributed by atoms with van der Waals surface area (Å²) in [4.78, 5) is 0. The topological polar surface area (TPSA) is 21.3 Å². The third kappa shape index (κ3) is 3.32. The summed E-state index contributed by atoms with van der Waals surface area (Å²) in [5.74, 6) is -0.951. The van der Waals surface area contributed by atoms with Crippen molar-refractivity contribution in [3.05, 3.63) is 29.8 Å². The van der Waals surface area contributed by atoms with Gasteiger partial charge in [0, 0.05) is 24.7 Å². The lowest BCUT2D eigenvalue weighted by Crippen LogP contribution is -2.19. The Balaban J connectivity index is 0.00000112. The van der Waals surface area contributed by atoms with Crippen molar-refractivity contribution in [2.45, 2.75) is 12.5 Å². The molecule has 0 aromatic heterocycles. The van der Waals surface area contributed by atoms with Crippen LogP contribution in [0.1, 0.15) is 6.42 Å². The molecule has 1 heterocycles. The van der Waals surface area contributed by atoms with E-state index in [-0.39, 0.29) is 24.3 Å². The summed E-state index contributed by atoms with van der Waals surface area (Å²) in [6.45, 7) is 1.63. The molecule has 1 N–H and O–H groups in total. The first-order valence-corrected chi connectivity index (χ1v) is 4.57. The summed E-state index contributed by atoms with van der Waals surface area (Å²) in [7, 11) is 0. The van der Waals surface area contributed by atoms with Crippen LogP contribution in [0.5, 0.6) is 5.75 Å². The van der Waals surface area contributed by atoms with Crippen molar-refractivity contribution >= 4 is 12.4 Å². The highest BCUT2D eigenvalue weighted by Crippen LogP contribution is 2.18. The number of hydrogen-bond acceptors (Lipinski definition) is 2. The fraction of sp³-hybridized carbons (Fsp3) is 0.400. The molecule has 84 valence electrons. The van der Waals surface area contributed by atoms with Crippen molar-refractivity contribution in [2.75, 3.05) is 13.1 Å². The molecular weight excluding hydrogens is 224 g/mol. The van der Waals surface area contributed by atoms with Gasteiger partial charge in [-0.2, -0.15) is 0 Å². The van der Waals surface area contributed by atoms with Crippen molar-refractivity contribution in [1.82, 2.24) is 5.32 Å². The van der Waals surface area contributed by atoms with Crippen molar-refractivity contribution in [3.63, 3.8) is 0 Å². The van der Waals surface area contributed by atoms with Crippen LogP contribution in [0, 0.1) is 11.6 Å². The summed E-state index contributed by atoms with van der Waals surface area (Å²) < 4.78 is 30.9. The summed E-state index contributed by atoms with van der Waals surface area (Å²) >= 11 is 0. The van der Waals surface area contributed by atoms with Gasteiger partial charge in [-0.15, -0.1) is 12.4 Å². The van der Waals surface area contributed by atoms with Crippen molar-refractivity contribution in [1.29, 1.82) is 0 Å². The van der Waals surface area contributed by atoms with Crippen LogP contribution in [0.15, 0.2) is 18.2 Å². The van der Waals surface area contributed by atoms with Crippen LogP contribution in [0.3, 0.4) is 0 Å². The zero-order valence-electron chi connectivity index (χ0n) is 8.00. The average Bonchev–Trinajstić information content (AvgIpc) is 2.54. The van der Waals surface area contributed by atoms with Crippen LogP contribution in [0.2, 0.25) is 0 Å². The Hall–Kier alpha value is -0.870. The summed E-state index contributed by atoms with van der Waals surface area (Å²) in [6.07, 6.45) is 0.897. The van der Waals surface area contributed by atoms with Gasteiger partial charge in [-0.25, -0.2) is 8.78 Å². The molecule has 0 amide bonds. The molecule has 1 aromatic carbocycles. The first kappa shape index (κ1) is 12.2. The molecule has 2 rings (SSSR count). The van der Waals surface area contributed by atoms with Gasteiger partial charge in [0.1, 0.15) is 23.5 Å². The third-order valence-electron chi connectivity index (χ3n) is 2.15. The van der Waals surface area contributed by atoms with Crippen LogP contribution < -0.4 is 10.1 Å². The lowest BCUT2D eigenvalue weighted by atomic mass is 10.3. The Morgan fingerprint density at radius 1 is 1.20 bits per heavy atom. The maximum Gasteiger partial charge on any atom is 0.129 e. The minimum absolute atomic E-state index is 0. The number of rotatable bonds is 2. The number of benzene rings is 1. The van der Waals surface area contributed by atoms with E-state index < -0.39 is 11.6 Å². The maximum atomic E-state index is 12.8. The number of hydrogen-bond donors (Lipinski definition) is 1. The Kier molecular flexibility index (Phi) is 4.29. The highest BCUT2D eigenvalue weighted by Gasteiger charge is 2.16. The lowest BCUT2D eigenvalue weighted by molar-refractivity contribution is 0.221. The second kappa shape index (κ2) is 5.28.